The van der Waals surface area contributed by atoms with Crippen LogP contribution in [-0.4, -0.2) is 34.3 Å². The maximum Gasteiger partial charge on any atom is 0.154 e. The molecule has 0 radical (unpaired) electrons. The number of hydrogen-bond acceptors (Lipinski definition) is 5. The summed E-state index contributed by atoms with van der Waals surface area (Å²) < 4.78 is 8.21. The Bertz CT molecular complexity index is 862. The first-order valence-electron chi connectivity index (χ1n) is 8.13. The molecule has 6 heteroatoms. The van der Waals surface area contributed by atoms with Crippen molar-refractivity contribution in [1.29, 1.82) is 0 Å². The summed E-state index contributed by atoms with van der Waals surface area (Å²) >= 11 is 1.86. The van der Waals surface area contributed by atoms with Crippen LogP contribution in [0.5, 0.6) is 0 Å². The summed E-state index contributed by atoms with van der Waals surface area (Å²) in [4.78, 5) is 7.13. The molecule has 1 fully saturated rings. The highest BCUT2D eigenvalue weighted by Gasteiger charge is 2.40. The lowest BCUT2D eigenvalue weighted by atomic mass is 9.86. The molecule has 0 aliphatic carbocycles. The van der Waals surface area contributed by atoms with Gasteiger partial charge in [0.25, 0.3) is 0 Å². The number of nitrogens with zero attached hydrogens (tertiary/aromatic N) is 3. The van der Waals surface area contributed by atoms with Crippen molar-refractivity contribution in [3.63, 3.8) is 0 Å². The third kappa shape index (κ3) is 2.06. The maximum absolute atomic E-state index is 6.28. The summed E-state index contributed by atoms with van der Waals surface area (Å²) in [5, 5.41) is 7.89. The van der Waals surface area contributed by atoms with Gasteiger partial charge in [-0.25, -0.2) is 9.50 Å². The number of ether oxygens (including phenoxy) is 1. The average molecular weight is 326 g/mol. The van der Waals surface area contributed by atoms with Crippen LogP contribution in [0.25, 0.3) is 16.2 Å². The van der Waals surface area contributed by atoms with Crippen molar-refractivity contribution >= 4 is 17.0 Å². The average Bonchev–Trinajstić information content (AvgIpc) is 3.20. The van der Waals surface area contributed by atoms with Crippen molar-refractivity contribution in [2.24, 2.45) is 0 Å². The van der Waals surface area contributed by atoms with Gasteiger partial charge in [-0.3, -0.25) is 0 Å². The topological polar surface area (TPSA) is 51.5 Å². The Morgan fingerprint density at radius 2 is 2.22 bits per heavy atom. The van der Waals surface area contributed by atoms with Gasteiger partial charge in [0, 0.05) is 11.1 Å². The van der Waals surface area contributed by atoms with Crippen LogP contribution in [-0.2, 0) is 16.8 Å². The number of nitrogens with one attached hydrogen (secondary N) is 1. The molecule has 0 amide bonds. The molecule has 0 saturated carbocycles. The highest BCUT2D eigenvalue weighted by atomic mass is 32.1. The van der Waals surface area contributed by atoms with E-state index in [1.165, 1.54) is 15.3 Å². The van der Waals surface area contributed by atoms with Gasteiger partial charge in [0.15, 0.2) is 5.65 Å². The Labute approximate surface area is 138 Å². The second-order valence-electron chi connectivity index (χ2n) is 6.24. The van der Waals surface area contributed by atoms with Gasteiger partial charge in [-0.1, -0.05) is 0 Å². The minimum atomic E-state index is -0.0737. The molecule has 5 rings (SSSR count). The molecule has 3 aromatic rings. The number of thiophene rings is 1. The molecule has 5 nitrogen and oxygen atoms in total. The molecule has 1 N–H and O–H groups in total. The van der Waals surface area contributed by atoms with E-state index < -0.39 is 0 Å². The van der Waals surface area contributed by atoms with Crippen LogP contribution >= 0.6 is 11.3 Å². The van der Waals surface area contributed by atoms with E-state index in [1.807, 2.05) is 40.4 Å². The van der Waals surface area contributed by atoms with Gasteiger partial charge in [0.2, 0.25) is 0 Å². The van der Waals surface area contributed by atoms with Crippen LogP contribution in [0.1, 0.15) is 23.3 Å². The number of piperidine rings is 1. The van der Waals surface area contributed by atoms with E-state index in [4.69, 9.17) is 4.74 Å². The zero-order valence-corrected chi connectivity index (χ0v) is 13.6. The van der Waals surface area contributed by atoms with Crippen molar-refractivity contribution in [3.05, 3.63) is 41.0 Å². The number of rotatable bonds is 1. The number of imidazole rings is 1. The minimum Gasteiger partial charge on any atom is -0.369 e. The molecule has 118 valence electrons. The third-order valence-electron chi connectivity index (χ3n) is 4.91. The predicted octanol–water partition coefficient (Wildman–Crippen LogP) is 2.61. The minimum absolute atomic E-state index is 0.0737. The van der Waals surface area contributed by atoms with E-state index in [0.29, 0.717) is 0 Å². The standard InChI is InChI=1S/C17H18N4OS/c1-2-15-19-11-13(21(15)20-6-1)14-10-12-3-9-22-17(16(12)23-14)4-7-18-8-5-17/h1-2,6,10-11,18H,3-5,7-9H2. The van der Waals surface area contributed by atoms with Gasteiger partial charge in [-0.15, -0.1) is 11.3 Å². The second-order valence-corrected chi connectivity index (χ2v) is 7.30. The van der Waals surface area contributed by atoms with Crippen LogP contribution in [0.15, 0.2) is 30.6 Å². The van der Waals surface area contributed by atoms with Crippen LogP contribution in [0.3, 0.4) is 0 Å². The van der Waals surface area contributed by atoms with E-state index in [9.17, 15) is 0 Å². The molecule has 2 aliphatic heterocycles. The summed E-state index contributed by atoms with van der Waals surface area (Å²) in [5.74, 6) is 0. The zero-order valence-electron chi connectivity index (χ0n) is 12.8. The lowest BCUT2D eigenvalue weighted by molar-refractivity contribution is -0.0771. The van der Waals surface area contributed by atoms with E-state index in [2.05, 4.69) is 21.5 Å². The number of aromatic nitrogens is 3. The Balaban J connectivity index is 1.64. The van der Waals surface area contributed by atoms with Crippen molar-refractivity contribution in [3.8, 4) is 10.6 Å². The molecular formula is C17H18N4OS. The Hall–Kier alpha value is -1.76. The Morgan fingerprint density at radius 1 is 1.30 bits per heavy atom. The SMILES string of the molecule is c1cnn2c(-c3cc4c(s3)C3(CCNCC3)OCC4)cnc2c1. The highest BCUT2D eigenvalue weighted by molar-refractivity contribution is 7.15. The van der Waals surface area contributed by atoms with Crippen molar-refractivity contribution < 1.29 is 4.74 Å². The van der Waals surface area contributed by atoms with Crippen LogP contribution in [0.4, 0.5) is 0 Å². The first-order valence-corrected chi connectivity index (χ1v) is 8.94. The van der Waals surface area contributed by atoms with Gasteiger partial charge >= 0.3 is 0 Å². The highest BCUT2D eigenvalue weighted by Crippen LogP contribution is 2.46. The fourth-order valence-corrected chi connectivity index (χ4v) is 5.15. The van der Waals surface area contributed by atoms with Gasteiger partial charge in [-0.05, 0) is 56.1 Å². The van der Waals surface area contributed by atoms with E-state index in [-0.39, 0.29) is 5.60 Å². The molecule has 23 heavy (non-hydrogen) atoms. The lowest BCUT2D eigenvalue weighted by Gasteiger charge is -2.40. The second kappa shape index (κ2) is 5.12. The smallest absolute Gasteiger partial charge is 0.154 e. The van der Waals surface area contributed by atoms with E-state index in [0.717, 1.165) is 50.3 Å². The van der Waals surface area contributed by atoms with Gasteiger partial charge in [-0.2, -0.15) is 5.10 Å². The summed E-state index contributed by atoms with van der Waals surface area (Å²) in [5.41, 5.74) is 3.34. The molecular weight excluding hydrogens is 308 g/mol. The molecule has 5 heterocycles. The van der Waals surface area contributed by atoms with Crippen molar-refractivity contribution in [2.75, 3.05) is 19.7 Å². The molecule has 1 spiro atoms. The molecule has 1 saturated heterocycles. The van der Waals surface area contributed by atoms with Crippen LogP contribution in [0.2, 0.25) is 0 Å². The first-order chi connectivity index (χ1) is 11.4. The third-order valence-corrected chi connectivity index (χ3v) is 6.30. The molecule has 0 atom stereocenters. The summed E-state index contributed by atoms with van der Waals surface area (Å²) in [6, 6.07) is 6.23. The first kappa shape index (κ1) is 13.7. The Kier molecular flexibility index (Phi) is 3.04. The molecule has 2 aliphatic rings. The fourth-order valence-electron chi connectivity index (χ4n) is 3.75. The van der Waals surface area contributed by atoms with Gasteiger partial charge in [0.05, 0.1) is 17.7 Å². The van der Waals surface area contributed by atoms with E-state index in [1.54, 1.807) is 0 Å². The van der Waals surface area contributed by atoms with Gasteiger partial charge < -0.3 is 10.1 Å². The summed E-state index contributed by atoms with van der Waals surface area (Å²) in [6.07, 6.45) is 6.86. The van der Waals surface area contributed by atoms with E-state index >= 15 is 0 Å². The van der Waals surface area contributed by atoms with Crippen molar-refractivity contribution in [2.45, 2.75) is 24.9 Å². The molecule has 3 aromatic heterocycles. The normalized spacial score (nSPS) is 20.0. The zero-order chi connectivity index (χ0) is 15.3. The number of fused-ring (bicyclic) bond motifs is 3. The fraction of sp³-hybridized carbons (Fsp3) is 0.412. The van der Waals surface area contributed by atoms with Crippen LogP contribution < -0.4 is 5.32 Å². The summed E-state index contributed by atoms with van der Waals surface area (Å²) in [6.45, 7) is 2.89. The van der Waals surface area contributed by atoms with Crippen LogP contribution in [0, 0.1) is 0 Å². The molecule has 0 bridgehead atoms. The Morgan fingerprint density at radius 3 is 3.13 bits per heavy atom. The quantitative estimate of drug-likeness (QED) is 0.747. The van der Waals surface area contributed by atoms with Crippen molar-refractivity contribution in [1.82, 2.24) is 19.9 Å². The largest absolute Gasteiger partial charge is 0.369 e. The predicted molar refractivity (Wildman–Crippen MR) is 89.7 cm³/mol. The summed E-state index contributed by atoms with van der Waals surface area (Å²) in [7, 11) is 0. The monoisotopic (exact) mass is 326 g/mol. The number of hydrogen-bond donors (Lipinski definition) is 1. The maximum atomic E-state index is 6.28. The molecule has 0 aromatic carbocycles. The lowest BCUT2D eigenvalue weighted by Crippen LogP contribution is -2.43. The van der Waals surface area contributed by atoms with Gasteiger partial charge in [0.1, 0.15) is 11.3 Å². The molecule has 0 unspecified atom stereocenters.